The van der Waals surface area contributed by atoms with Crippen molar-refractivity contribution in [3.8, 4) is 0 Å². The molecule has 0 aromatic heterocycles. The van der Waals surface area contributed by atoms with Crippen molar-refractivity contribution in [3.05, 3.63) is 35.9 Å². The smallest absolute Gasteiger partial charge is 0.232 e. The molecule has 21 heavy (non-hydrogen) atoms. The zero-order valence-electron chi connectivity index (χ0n) is 13.0. The lowest BCUT2D eigenvalue weighted by atomic mass is 10.00. The number of nitrogens with zero attached hydrogens (tertiary/aromatic N) is 1. The SMILES string of the molecule is CCCNC(CN1C(=O)C(C)C(C)C1=O)c1ccccc1. The fraction of sp³-hybridized carbons (Fsp3) is 0.529. The third-order valence-corrected chi connectivity index (χ3v) is 4.27. The number of likely N-dealkylation sites (tertiary alicyclic amines) is 1. The number of carbonyl (C=O) groups is 2. The second-order valence-corrected chi connectivity index (χ2v) is 5.78. The van der Waals surface area contributed by atoms with Crippen LogP contribution in [0.25, 0.3) is 0 Å². The molecule has 4 heteroatoms. The van der Waals surface area contributed by atoms with E-state index in [1.807, 2.05) is 44.2 Å². The molecule has 3 atom stereocenters. The normalized spacial score (nSPS) is 23.7. The number of rotatable bonds is 6. The molecule has 1 saturated heterocycles. The lowest BCUT2D eigenvalue weighted by molar-refractivity contribution is -0.140. The van der Waals surface area contributed by atoms with Crippen LogP contribution in [-0.2, 0) is 9.59 Å². The first-order valence-corrected chi connectivity index (χ1v) is 7.69. The van der Waals surface area contributed by atoms with Gasteiger partial charge in [-0.3, -0.25) is 14.5 Å². The molecule has 1 heterocycles. The summed E-state index contributed by atoms with van der Waals surface area (Å²) in [5.74, 6) is -0.515. The average molecular weight is 288 g/mol. The van der Waals surface area contributed by atoms with Gasteiger partial charge in [-0.05, 0) is 18.5 Å². The summed E-state index contributed by atoms with van der Waals surface area (Å²) in [5, 5.41) is 3.44. The van der Waals surface area contributed by atoms with Crippen molar-refractivity contribution in [2.75, 3.05) is 13.1 Å². The van der Waals surface area contributed by atoms with Crippen LogP contribution in [0.15, 0.2) is 30.3 Å². The third-order valence-electron chi connectivity index (χ3n) is 4.27. The van der Waals surface area contributed by atoms with E-state index < -0.39 is 0 Å². The Hall–Kier alpha value is -1.68. The van der Waals surface area contributed by atoms with Crippen LogP contribution >= 0.6 is 0 Å². The van der Waals surface area contributed by atoms with Gasteiger partial charge in [0.25, 0.3) is 0 Å². The number of hydrogen-bond acceptors (Lipinski definition) is 3. The lowest BCUT2D eigenvalue weighted by Gasteiger charge is -2.24. The van der Waals surface area contributed by atoms with E-state index >= 15 is 0 Å². The molecule has 1 aliphatic rings. The van der Waals surface area contributed by atoms with E-state index in [9.17, 15) is 9.59 Å². The van der Waals surface area contributed by atoms with Crippen LogP contribution in [0.5, 0.6) is 0 Å². The summed E-state index contributed by atoms with van der Waals surface area (Å²) in [6, 6.07) is 9.99. The number of hydrogen-bond donors (Lipinski definition) is 1. The molecule has 3 unspecified atom stereocenters. The Kier molecular flexibility index (Phi) is 5.12. The summed E-state index contributed by atoms with van der Waals surface area (Å²) < 4.78 is 0. The molecule has 0 spiro atoms. The number of carbonyl (C=O) groups excluding carboxylic acids is 2. The van der Waals surface area contributed by atoms with Gasteiger partial charge in [0, 0.05) is 18.4 Å². The molecule has 1 fully saturated rings. The summed E-state index contributed by atoms with van der Waals surface area (Å²) in [6.07, 6.45) is 1.01. The van der Waals surface area contributed by atoms with E-state index in [1.54, 1.807) is 0 Å². The number of imide groups is 1. The van der Waals surface area contributed by atoms with Crippen molar-refractivity contribution >= 4 is 11.8 Å². The molecule has 0 aliphatic carbocycles. The highest BCUT2D eigenvalue weighted by molar-refractivity contribution is 6.04. The van der Waals surface area contributed by atoms with E-state index in [0.717, 1.165) is 18.5 Å². The van der Waals surface area contributed by atoms with E-state index in [0.29, 0.717) is 6.54 Å². The fourth-order valence-electron chi connectivity index (χ4n) is 2.68. The van der Waals surface area contributed by atoms with Crippen LogP contribution in [-0.4, -0.2) is 29.8 Å². The summed E-state index contributed by atoms with van der Waals surface area (Å²) >= 11 is 0. The van der Waals surface area contributed by atoms with Crippen molar-refractivity contribution in [3.63, 3.8) is 0 Å². The molecule has 0 bridgehead atoms. The van der Waals surface area contributed by atoms with E-state index in [4.69, 9.17) is 0 Å². The standard InChI is InChI=1S/C17H24N2O2/c1-4-10-18-15(14-8-6-5-7-9-14)11-19-16(20)12(2)13(3)17(19)21/h5-9,12-13,15,18H,4,10-11H2,1-3H3. The fourth-order valence-corrected chi connectivity index (χ4v) is 2.68. The van der Waals surface area contributed by atoms with Crippen molar-refractivity contribution in [1.82, 2.24) is 10.2 Å². The van der Waals surface area contributed by atoms with Crippen LogP contribution < -0.4 is 5.32 Å². The molecule has 1 aliphatic heterocycles. The minimum atomic E-state index is -0.208. The average Bonchev–Trinajstić information content (AvgIpc) is 2.69. The molecule has 0 radical (unpaired) electrons. The van der Waals surface area contributed by atoms with Gasteiger partial charge < -0.3 is 5.32 Å². The Morgan fingerprint density at radius 3 is 2.19 bits per heavy atom. The van der Waals surface area contributed by atoms with Gasteiger partial charge in [0.1, 0.15) is 0 Å². The van der Waals surface area contributed by atoms with Gasteiger partial charge in [-0.25, -0.2) is 0 Å². The Bertz CT molecular complexity index is 481. The van der Waals surface area contributed by atoms with Crippen LogP contribution in [0.4, 0.5) is 0 Å². The Balaban J connectivity index is 2.16. The summed E-state index contributed by atoms with van der Waals surface area (Å²) in [4.78, 5) is 25.9. The van der Waals surface area contributed by atoms with E-state index in [-0.39, 0.29) is 29.7 Å². The monoisotopic (exact) mass is 288 g/mol. The molecule has 1 aromatic carbocycles. The molecular formula is C17H24N2O2. The predicted molar refractivity (Wildman–Crippen MR) is 82.5 cm³/mol. The molecule has 2 rings (SSSR count). The molecule has 114 valence electrons. The first kappa shape index (κ1) is 15.7. The van der Waals surface area contributed by atoms with Gasteiger partial charge in [-0.1, -0.05) is 51.1 Å². The summed E-state index contributed by atoms with van der Waals surface area (Å²) in [7, 11) is 0. The highest BCUT2D eigenvalue weighted by Crippen LogP contribution is 2.27. The van der Waals surface area contributed by atoms with E-state index in [1.165, 1.54) is 4.90 Å². The molecule has 2 amide bonds. The highest BCUT2D eigenvalue weighted by Gasteiger charge is 2.42. The summed E-state index contributed by atoms with van der Waals surface area (Å²) in [5.41, 5.74) is 1.11. The third kappa shape index (κ3) is 3.32. The maximum Gasteiger partial charge on any atom is 0.232 e. The predicted octanol–water partition coefficient (Wildman–Crippen LogP) is 2.37. The van der Waals surface area contributed by atoms with E-state index in [2.05, 4.69) is 12.2 Å². The van der Waals surface area contributed by atoms with Crippen molar-refractivity contribution in [2.45, 2.75) is 33.2 Å². The number of nitrogens with one attached hydrogen (secondary N) is 1. The van der Waals surface area contributed by atoms with Crippen LogP contribution in [0.3, 0.4) is 0 Å². The van der Waals surface area contributed by atoms with Crippen molar-refractivity contribution < 1.29 is 9.59 Å². The van der Waals surface area contributed by atoms with Gasteiger partial charge in [0.2, 0.25) is 11.8 Å². The molecule has 4 nitrogen and oxygen atoms in total. The molecule has 1 aromatic rings. The molecule has 0 saturated carbocycles. The Labute approximate surface area is 126 Å². The maximum absolute atomic E-state index is 12.2. The van der Waals surface area contributed by atoms with Crippen molar-refractivity contribution in [2.24, 2.45) is 11.8 Å². The maximum atomic E-state index is 12.2. The number of amides is 2. The van der Waals surface area contributed by atoms with Crippen molar-refractivity contribution in [1.29, 1.82) is 0 Å². The second-order valence-electron chi connectivity index (χ2n) is 5.78. The largest absolute Gasteiger partial charge is 0.308 e. The Morgan fingerprint density at radius 1 is 1.10 bits per heavy atom. The first-order valence-electron chi connectivity index (χ1n) is 7.69. The molecular weight excluding hydrogens is 264 g/mol. The number of benzene rings is 1. The van der Waals surface area contributed by atoms with Gasteiger partial charge >= 0.3 is 0 Å². The molecule has 1 N–H and O–H groups in total. The lowest BCUT2D eigenvalue weighted by Crippen LogP contribution is -2.39. The van der Waals surface area contributed by atoms with Crippen LogP contribution in [0.2, 0.25) is 0 Å². The zero-order valence-corrected chi connectivity index (χ0v) is 13.0. The van der Waals surface area contributed by atoms with Gasteiger partial charge in [0.15, 0.2) is 0 Å². The minimum Gasteiger partial charge on any atom is -0.308 e. The minimum absolute atomic E-state index is 0.00319. The Morgan fingerprint density at radius 2 is 1.67 bits per heavy atom. The van der Waals surface area contributed by atoms with Crippen LogP contribution in [0, 0.1) is 11.8 Å². The van der Waals surface area contributed by atoms with Gasteiger partial charge in [0.05, 0.1) is 6.04 Å². The topological polar surface area (TPSA) is 49.4 Å². The zero-order chi connectivity index (χ0) is 15.4. The first-order chi connectivity index (χ1) is 10.1. The summed E-state index contributed by atoms with van der Waals surface area (Å²) in [6.45, 7) is 7.05. The van der Waals surface area contributed by atoms with Crippen LogP contribution in [0.1, 0.15) is 38.8 Å². The highest BCUT2D eigenvalue weighted by atomic mass is 16.2. The second kappa shape index (κ2) is 6.85. The quantitative estimate of drug-likeness (QED) is 0.818. The van der Waals surface area contributed by atoms with Gasteiger partial charge in [-0.15, -0.1) is 0 Å². The van der Waals surface area contributed by atoms with Gasteiger partial charge in [-0.2, -0.15) is 0 Å².